The Hall–Kier alpha value is -3.53. The Labute approximate surface area is 236 Å². The first-order valence-electron chi connectivity index (χ1n) is 14.4. The predicted octanol–water partition coefficient (Wildman–Crippen LogP) is 3.13. The molecule has 1 aromatic heterocycles. The summed E-state index contributed by atoms with van der Waals surface area (Å²) in [5, 5.41) is 18.3. The number of benzene rings is 1. The summed E-state index contributed by atoms with van der Waals surface area (Å²) in [5.41, 5.74) is 5.06. The van der Waals surface area contributed by atoms with Crippen LogP contribution in [0.1, 0.15) is 77.5 Å². The highest BCUT2D eigenvalue weighted by atomic mass is 16.4. The topological polar surface area (TPSA) is 141 Å². The second-order valence-corrected chi connectivity index (χ2v) is 10.9. The molecule has 1 fully saturated rings. The van der Waals surface area contributed by atoms with E-state index in [0.29, 0.717) is 32.2 Å². The number of pyridine rings is 1. The molecule has 3 unspecified atom stereocenters. The molecular weight excluding hydrogens is 510 g/mol. The number of rotatable bonds is 13. The molecule has 3 rings (SSSR count). The van der Waals surface area contributed by atoms with Crippen LogP contribution in [0.2, 0.25) is 0 Å². The lowest BCUT2D eigenvalue weighted by Crippen LogP contribution is -2.60. The number of hydrogen-bond donors (Lipinski definition) is 4. The minimum absolute atomic E-state index is 0.178. The van der Waals surface area contributed by atoms with E-state index in [1.807, 2.05) is 20.0 Å². The molecule has 3 amide bonds. The number of amides is 3. The molecule has 10 heteroatoms. The average molecular weight is 554 g/mol. The maximum absolute atomic E-state index is 12.9. The van der Waals surface area contributed by atoms with Crippen molar-refractivity contribution in [2.45, 2.75) is 97.2 Å². The number of hydrogen-bond acceptors (Lipinski definition) is 6. The average Bonchev–Trinajstić information content (AvgIpc) is 2.94. The van der Waals surface area contributed by atoms with Gasteiger partial charge in [-0.3, -0.25) is 29.2 Å². The van der Waals surface area contributed by atoms with Crippen LogP contribution in [0.4, 0.5) is 0 Å². The normalized spacial score (nSPS) is 16.9. The van der Waals surface area contributed by atoms with Crippen LogP contribution in [0.3, 0.4) is 0 Å². The molecule has 0 aliphatic carbocycles. The van der Waals surface area contributed by atoms with E-state index in [0.717, 1.165) is 36.8 Å². The zero-order chi connectivity index (χ0) is 29.2. The standard InChI is InChI=1S/C30H43N5O5/c1-5-21-13-14-22-18-31-24(17-23(22)16-21)10-7-6-8-12-26(36)33-27(19(2)3)28(37)32-20(4)29(38)35-15-9-11-25(34-35)30(39)40/h13-14,16-20,25,27,34H,5-12,15H2,1-4H3,(H,32,37)(H,33,36)(H,39,40). The van der Waals surface area contributed by atoms with E-state index in [2.05, 4.69) is 52.2 Å². The molecule has 4 N–H and O–H groups in total. The number of nitrogens with zero attached hydrogens (tertiary/aromatic N) is 2. The van der Waals surface area contributed by atoms with Crippen molar-refractivity contribution in [1.29, 1.82) is 0 Å². The van der Waals surface area contributed by atoms with Crippen LogP contribution in [0.25, 0.3) is 10.8 Å². The molecule has 2 aromatic rings. The minimum atomic E-state index is -1.02. The molecule has 1 aliphatic heterocycles. The summed E-state index contributed by atoms with van der Waals surface area (Å²) in [6.07, 6.45) is 7.54. The number of hydrazine groups is 1. The van der Waals surface area contributed by atoms with Crippen LogP contribution >= 0.6 is 0 Å². The number of fused-ring (bicyclic) bond motifs is 1. The van der Waals surface area contributed by atoms with Crippen molar-refractivity contribution in [3.05, 3.63) is 41.7 Å². The van der Waals surface area contributed by atoms with Gasteiger partial charge in [0.1, 0.15) is 18.1 Å². The second-order valence-electron chi connectivity index (χ2n) is 10.9. The zero-order valence-electron chi connectivity index (χ0n) is 24.0. The van der Waals surface area contributed by atoms with Crippen molar-refractivity contribution in [2.24, 2.45) is 5.92 Å². The monoisotopic (exact) mass is 553 g/mol. The maximum atomic E-state index is 12.9. The third kappa shape index (κ3) is 8.74. The fraction of sp³-hybridized carbons (Fsp3) is 0.567. The smallest absolute Gasteiger partial charge is 0.322 e. The van der Waals surface area contributed by atoms with Gasteiger partial charge in [-0.2, -0.15) is 0 Å². The molecule has 40 heavy (non-hydrogen) atoms. The van der Waals surface area contributed by atoms with Crippen LogP contribution in [-0.2, 0) is 32.0 Å². The van der Waals surface area contributed by atoms with Gasteiger partial charge in [0, 0.05) is 30.2 Å². The molecule has 1 aromatic carbocycles. The van der Waals surface area contributed by atoms with Crippen molar-refractivity contribution in [3.8, 4) is 0 Å². The number of carboxylic acid groups (broad SMARTS) is 1. The summed E-state index contributed by atoms with van der Waals surface area (Å²) in [6.45, 7) is 7.73. The van der Waals surface area contributed by atoms with E-state index < -0.39 is 35.9 Å². The fourth-order valence-electron chi connectivity index (χ4n) is 4.86. The number of unbranched alkanes of at least 4 members (excludes halogenated alkanes) is 2. The lowest BCUT2D eigenvalue weighted by Gasteiger charge is -2.34. The van der Waals surface area contributed by atoms with Crippen LogP contribution < -0.4 is 16.1 Å². The largest absolute Gasteiger partial charge is 0.480 e. The summed E-state index contributed by atoms with van der Waals surface area (Å²) in [5.74, 6) is -2.26. The number of aliphatic carboxylic acids is 1. The van der Waals surface area contributed by atoms with E-state index in [-0.39, 0.29) is 11.8 Å². The lowest BCUT2D eigenvalue weighted by molar-refractivity contribution is -0.148. The Kier molecular flexibility index (Phi) is 11.4. The molecule has 1 aliphatic rings. The van der Waals surface area contributed by atoms with Crippen molar-refractivity contribution in [3.63, 3.8) is 0 Å². The Morgan fingerprint density at radius 3 is 2.55 bits per heavy atom. The van der Waals surface area contributed by atoms with Crippen LogP contribution in [-0.4, -0.2) is 63.5 Å². The van der Waals surface area contributed by atoms with Gasteiger partial charge in [0.15, 0.2) is 0 Å². The van der Waals surface area contributed by atoms with Gasteiger partial charge in [-0.25, -0.2) is 5.43 Å². The summed E-state index contributed by atoms with van der Waals surface area (Å²) >= 11 is 0. The molecule has 3 atom stereocenters. The highest BCUT2D eigenvalue weighted by Crippen LogP contribution is 2.18. The van der Waals surface area contributed by atoms with Crippen molar-refractivity contribution in [1.82, 2.24) is 26.1 Å². The van der Waals surface area contributed by atoms with Crippen molar-refractivity contribution in [2.75, 3.05) is 6.54 Å². The van der Waals surface area contributed by atoms with Gasteiger partial charge < -0.3 is 15.7 Å². The Morgan fingerprint density at radius 1 is 1.07 bits per heavy atom. The highest BCUT2D eigenvalue weighted by Gasteiger charge is 2.32. The summed E-state index contributed by atoms with van der Waals surface area (Å²) in [6, 6.07) is 6.11. The first kappa shape index (κ1) is 31.0. The summed E-state index contributed by atoms with van der Waals surface area (Å²) in [7, 11) is 0. The van der Waals surface area contributed by atoms with E-state index in [9.17, 15) is 24.3 Å². The molecule has 0 saturated carbocycles. The van der Waals surface area contributed by atoms with E-state index in [1.165, 1.54) is 16.0 Å². The fourth-order valence-corrected chi connectivity index (χ4v) is 4.86. The first-order chi connectivity index (χ1) is 19.1. The third-order valence-electron chi connectivity index (χ3n) is 7.33. The molecule has 2 heterocycles. The van der Waals surface area contributed by atoms with Gasteiger partial charge in [0.2, 0.25) is 11.8 Å². The van der Waals surface area contributed by atoms with Gasteiger partial charge in [0.25, 0.3) is 5.91 Å². The number of aromatic nitrogens is 1. The van der Waals surface area contributed by atoms with Gasteiger partial charge in [0.05, 0.1) is 0 Å². The molecule has 218 valence electrons. The van der Waals surface area contributed by atoms with Gasteiger partial charge >= 0.3 is 5.97 Å². The lowest BCUT2D eigenvalue weighted by atomic mass is 10.0. The molecule has 1 saturated heterocycles. The summed E-state index contributed by atoms with van der Waals surface area (Å²) in [4.78, 5) is 54.2. The Bertz CT molecular complexity index is 1200. The minimum Gasteiger partial charge on any atom is -0.480 e. The molecule has 0 spiro atoms. The third-order valence-corrected chi connectivity index (χ3v) is 7.33. The van der Waals surface area contributed by atoms with Crippen molar-refractivity contribution < 1.29 is 24.3 Å². The maximum Gasteiger partial charge on any atom is 0.322 e. The number of carbonyl (C=O) groups excluding carboxylic acids is 3. The van der Waals surface area contributed by atoms with Crippen LogP contribution in [0.15, 0.2) is 30.5 Å². The van der Waals surface area contributed by atoms with E-state index >= 15 is 0 Å². The zero-order valence-corrected chi connectivity index (χ0v) is 24.0. The summed E-state index contributed by atoms with van der Waals surface area (Å²) < 4.78 is 0. The number of carbonyl (C=O) groups is 4. The Balaban J connectivity index is 1.42. The molecule has 0 radical (unpaired) electrons. The number of aryl methyl sites for hydroxylation is 2. The van der Waals surface area contributed by atoms with Crippen molar-refractivity contribution >= 4 is 34.5 Å². The van der Waals surface area contributed by atoms with Gasteiger partial charge in [-0.15, -0.1) is 0 Å². The quantitative estimate of drug-likeness (QED) is 0.279. The van der Waals surface area contributed by atoms with Gasteiger partial charge in [-0.1, -0.05) is 45.4 Å². The van der Waals surface area contributed by atoms with E-state index in [1.54, 1.807) is 6.92 Å². The predicted molar refractivity (Wildman–Crippen MR) is 153 cm³/mol. The Morgan fingerprint density at radius 2 is 1.85 bits per heavy atom. The second kappa shape index (κ2) is 14.7. The van der Waals surface area contributed by atoms with Gasteiger partial charge in [-0.05, 0) is 68.4 Å². The highest BCUT2D eigenvalue weighted by molar-refractivity contribution is 5.92. The van der Waals surface area contributed by atoms with Crippen LogP contribution in [0.5, 0.6) is 0 Å². The van der Waals surface area contributed by atoms with Crippen LogP contribution in [0, 0.1) is 5.92 Å². The number of carboxylic acids is 1. The first-order valence-corrected chi connectivity index (χ1v) is 14.4. The molecular formula is C30H43N5O5. The molecule has 10 nitrogen and oxygen atoms in total. The number of nitrogens with one attached hydrogen (secondary N) is 3. The SMILES string of the molecule is CCc1ccc2cnc(CCCCCC(=O)NC(C(=O)NC(C)C(=O)N3CCCC(C(=O)O)N3)C(C)C)cc2c1. The van der Waals surface area contributed by atoms with E-state index in [4.69, 9.17) is 0 Å². The molecule has 0 bridgehead atoms.